The number of hydrogen-bond donors (Lipinski definition) is 2. The number of carboxylic acid groups (broad SMARTS) is 1. The van der Waals surface area contributed by atoms with Crippen LogP contribution in [0.15, 0.2) is 30.3 Å². The summed E-state index contributed by atoms with van der Waals surface area (Å²) < 4.78 is 0. The molecule has 1 aliphatic heterocycles. The maximum Gasteiger partial charge on any atom is 0.306 e. The van der Waals surface area contributed by atoms with Crippen molar-refractivity contribution < 1.29 is 14.7 Å². The van der Waals surface area contributed by atoms with Crippen LogP contribution in [0, 0.1) is 11.8 Å². The predicted octanol–water partition coefficient (Wildman–Crippen LogP) is 0.736. The molecule has 5 nitrogen and oxygen atoms in total. The van der Waals surface area contributed by atoms with Gasteiger partial charge in [0.1, 0.15) is 0 Å². The van der Waals surface area contributed by atoms with Gasteiger partial charge in [-0.3, -0.25) is 9.59 Å². The highest BCUT2D eigenvalue weighted by Crippen LogP contribution is 2.24. The molecule has 2 rings (SSSR count). The van der Waals surface area contributed by atoms with Gasteiger partial charge < -0.3 is 15.7 Å². The van der Waals surface area contributed by atoms with Crippen molar-refractivity contribution in [2.45, 2.75) is 19.4 Å². The van der Waals surface area contributed by atoms with Crippen molar-refractivity contribution >= 4 is 11.9 Å². The van der Waals surface area contributed by atoms with Crippen LogP contribution in [0.4, 0.5) is 0 Å². The van der Waals surface area contributed by atoms with Gasteiger partial charge in [-0.15, -0.1) is 0 Å². The van der Waals surface area contributed by atoms with E-state index in [-0.39, 0.29) is 11.8 Å². The number of hydrogen-bond acceptors (Lipinski definition) is 3. The lowest BCUT2D eigenvalue weighted by Crippen LogP contribution is -2.58. The number of benzene rings is 1. The van der Waals surface area contributed by atoms with Gasteiger partial charge in [0.05, 0.1) is 12.0 Å². The summed E-state index contributed by atoms with van der Waals surface area (Å²) in [7, 11) is 0. The Balaban J connectivity index is 1.83. The molecule has 2 atom stereocenters. The molecule has 1 amide bonds. The highest BCUT2D eigenvalue weighted by Gasteiger charge is 2.38. The smallest absolute Gasteiger partial charge is 0.306 e. The summed E-state index contributed by atoms with van der Waals surface area (Å²) in [5.74, 6) is -1.27. The number of likely N-dealkylation sites (tertiary alicyclic amines) is 1. The first kappa shape index (κ1) is 14.5. The Labute approximate surface area is 118 Å². The summed E-state index contributed by atoms with van der Waals surface area (Å²) in [6, 6.07) is 9.08. The van der Waals surface area contributed by atoms with E-state index in [1.165, 1.54) is 0 Å². The van der Waals surface area contributed by atoms with E-state index < -0.39 is 17.9 Å². The average Bonchev–Trinajstić information content (AvgIpc) is 2.37. The molecule has 1 aromatic rings. The zero-order valence-electron chi connectivity index (χ0n) is 11.5. The lowest BCUT2D eigenvalue weighted by atomic mass is 9.86. The number of nitrogens with two attached hydrogens (primary N) is 1. The molecule has 1 fully saturated rings. The van der Waals surface area contributed by atoms with E-state index in [2.05, 4.69) is 0 Å². The van der Waals surface area contributed by atoms with Gasteiger partial charge in [-0.1, -0.05) is 37.3 Å². The van der Waals surface area contributed by atoms with Crippen molar-refractivity contribution in [2.75, 3.05) is 13.1 Å². The van der Waals surface area contributed by atoms with Crippen LogP contribution in [0.25, 0.3) is 0 Å². The first-order chi connectivity index (χ1) is 9.49. The molecule has 0 aromatic heterocycles. The minimum absolute atomic E-state index is 0.0420. The number of rotatable bonds is 5. The van der Waals surface area contributed by atoms with Crippen LogP contribution in [-0.4, -0.2) is 41.0 Å². The zero-order valence-corrected chi connectivity index (χ0v) is 11.5. The lowest BCUT2D eigenvalue weighted by Gasteiger charge is -2.42. The van der Waals surface area contributed by atoms with Crippen LogP contribution >= 0.6 is 0 Å². The fraction of sp³-hybridized carbons (Fsp3) is 0.467. The Kier molecular flexibility index (Phi) is 4.39. The monoisotopic (exact) mass is 276 g/mol. The van der Waals surface area contributed by atoms with Gasteiger partial charge in [-0.25, -0.2) is 0 Å². The fourth-order valence-electron chi connectivity index (χ4n) is 2.40. The van der Waals surface area contributed by atoms with E-state index in [9.17, 15) is 9.59 Å². The van der Waals surface area contributed by atoms with Crippen molar-refractivity contribution in [3.8, 4) is 0 Å². The SMILES string of the molecule is CC(C(=O)O)C1CN(C(=O)[C@H](N)Cc2ccccc2)C1. The highest BCUT2D eigenvalue weighted by molar-refractivity contribution is 5.83. The summed E-state index contributed by atoms with van der Waals surface area (Å²) in [6.07, 6.45) is 0.509. The topological polar surface area (TPSA) is 83.6 Å². The average molecular weight is 276 g/mol. The standard InChI is InChI=1S/C15H20N2O3/c1-10(15(19)20)12-8-17(9-12)14(18)13(16)7-11-5-3-2-4-6-11/h2-6,10,12-13H,7-9,16H2,1H3,(H,19,20)/t10?,13-/m1/s1. The zero-order chi connectivity index (χ0) is 14.7. The third-order valence-electron chi connectivity index (χ3n) is 3.93. The van der Waals surface area contributed by atoms with Crippen LogP contribution < -0.4 is 5.73 Å². The highest BCUT2D eigenvalue weighted by atomic mass is 16.4. The Morgan fingerprint density at radius 1 is 1.35 bits per heavy atom. The largest absolute Gasteiger partial charge is 0.481 e. The van der Waals surface area contributed by atoms with Crippen LogP contribution in [0.5, 0.6) is 0 Å². The Hall–Kier alpha value is -1.88. The normalized spacial score (nSPS) is 18.2. The first-order valence-corrected chi connectivity index (χ1v) is 6.80. The minimum atomic E-state index is -0.810. The maximum atomic E-state index is 12.1. The Bertz CT molecular complexity index is 483. The number of nitrogens with zero attached hydrogens (tertiary/aromatic N) is 1. The summed E-state index contributed by atoms with van der Waals surface area (Å²) in [5.41, 5.74) is 6.97. The van der Waals surface area contributed by atoms with Crippen LogP contribution in [0.2, 0.25) is 0 Å². The second kappa shape index (κ2) is 6.05. The van der Waals surface area contributed by atoms with E-state index in [0.29, 0.717) is 19.5 Å². The Morgan fingerprint density at radius 2 is 1.95 bits per heavy atom. The maximum absolute atomic E-state index is 12.1. The van der Waals surface area contributed by atoms with E-state index in [1.54, 1.807) is 11.8 Å². The van der Waals surface area contributed by atoms with Crippen molar-refractivity contribution in [1.82, 2.24) is 4.90 Å². The molecule has 0 spiro atoms. The molecule has 5 heteroatoms. The van der Waals surface area contributed by atoms with Crippen LogP contribution in [0.1, 0.15) is 12.5 Å². The Morgan fingerprint density at radius 3 is 2.50 bits per heavy atom. The number of amides is 1. The van der Waals surface area contributed by atoms with E-state index >= 15 is 0 Å². The van der Waals surface area contributed by atoms with Gasteiger partial charge in [-0.2, -0.15) is 0 Å². The van der Waals surface area contributed by atoms with Crippen molar-refractivity contribution in [2.24, 2.45) is 17.6 Å². The molecule has 108 valence electrons. The van der Waals surface area contributed by atoms with Crippen LogP contribution in [-0.2, 0) is 16.0 Å². The molecular formula is C15H20N2O3. The van der Waals surface area contributed by atoms with Crippen molar-refractivity contribution in [1.29, 1.82) is 0 Å². The molecule has 0 aliphatic carbocycles. The third kappa shape index (κ3) is 3.17. The number of carboxylic acids is 1. The van der Waals surface area contributed by atoms with Gasteiger partial charge in [0.2, 0.25) is 5.91 Å². The summed E-state index contributed by atoms with van der Waals surface area (Å²) in [6.45, 7) is 2.67. The molecule has 1 aliphatic rings. The van der Waals surface area contributed by atoms with E-state index in [1.807, 2.05) is 30.3 Å². The quantitative estimate of drug-likeness (QED) is 0.830. The van der Waals surface area contributed by atoms with E-state index in [4.69, 9.17) is 10.8 Å². The molecule has 3 N–H and O–H groups in total. The van der Waals surface area contributed by atoms with Gasteiger partial charge in [0, 0.05) is 19.0 Å². The van der Waals surface area contributed by atoms with Crippen LogP contribution in [0.3, 0.4) is 0 Å². The molecule has 0 radical (unpaired) electrons. The molecule has 1 saturated heterocycles. The lowest BCUT2D eigenvalue weighted by molar-refractivity contribution is -0.151. The molecule has 1 unspecified atom stereocenters. The van der Waals surface area contributed by atoms with Crippen molar-refractivity contribution in [3.63, 3.8) is 0 Å². The molecule has 1 aromatic carbocycles. The molecule has 20 heavy (non-hydrogen) atoms. The summed E-state index contributed by atoms with van der Waals surface area (Å²) in [4.78, 5) is 24.6. The summed E-state index contributed by atoms with van der Waals surface area (Å²) in [5, 5.41) is 8.92. The van der Waals surface area contributed by atoms with Crippen molar-refractivity contribution in [3.05, 3.63) is 35.9 Å². The first-order valence-electron chi connectivity index (χ1n) is 6.80. The van der Waals surface area contributed by atoms with E-state index in [0.717, 1.165) is 5.56 Å². The summed E-state index contributed by atoms with van der Waals surface area (Å²) >= 11 is 0. The van der Waals surface area contributed by atoms with Gasteiger partial charge in [-0.05, 0) is 12.0 Å². The molecule has 1 heterocycles. The second-order valence-electron chi connectivity index (χ2n) is 5.43. The molecule has 0 bridgehead atoms. The number of aliphatic carboxylic acids is 1. The number of carbonyl (C=O) groups is 2. The molecular weight excluding hydrogens is 256 g/mol. The second-order valence-corrected chi connectivity index (χ2v) is 5.43. The van der Waals surface area contributed by atoms with Gasteiger partial charge >= 0.3 is 5.97 Å². The minimum Gasteiger partial charge on any atom is -0.481 e. The predicted molar refractivity (Wildman–Crippen MR) is 75.0 cm³/mol. The molecule has 0 saturated carbocycles. The number of carbonyl (C=O) groups excluding carboxylic acids is 1. The van der Waals surface area contributed by atoms with Gasteiger partial charge in [0.25, 0.3) is 0 Å². The fourth-order valence-corrected chi connectivity index (χ4v) is 2.40. The third-order valence-corrected chi connectivity index (χ3v) is 3.93. The van der Waals surface area contributed by atoms with Gasteiger partial charge in [0.15, 0.2) is 0 Å².